The highest BCUT2D eigenvalue weighted by atomic mass is 16.3. The summed E-state index contributed by atoms with van der Waals surface area (Å²) in [7, 11) is 0. The van der Waals surface area contributed by atoms with Gasteiger partial charge >= 0.3 is 0 Å². The van der Waals surface area contributed by atoms with Crippen molar-refractivity contribution in [3.63, 3.8) is 0 Å². The fourth-order valence-corrected chi connectivity index (χ4v) is 6.35. The summed E-state index contributed by atoms with van der Waals surface area (Å²) in [5, 5.41) is 4.40. The number of hydrogen-bond acceptors (Lipinski definition) is 4. The molecule has 9 aromatic rings. The van der Waals surface area contributed by atoms with E-state index in [0.29, 0.717) is 17.6 Å². The molecule has 0 amide bonds. The smallest absolute Gasteiger partial charge is 0.238 e. The normalized spacial score (nSPS) is 11.7. The van der Waals surface area contributed by atoms with Gasteiger partial charge in [0.05, 0.1) is 11.0 Å². The van der Waals surface area contributed by atoms with Gasteiger partial charge in [0.15, 0.2) is 11.6 Å². The first-order chi connectivity index (χ1) is 22.2. The van der Waals surface area contributed by atoms with E-state index in [-0.39, 0.29) is 0 Å². The van der Waals surface area contributed by atoms with Gasteiger partial charge in [-0.2, -0.15) is 9.97 Å². The van der Waals surface area contributed by atoms with Crippen LogP contribution in [0.1, 0.15) is 5.56 Å². The minimum atomic E-state index is 0.579. The summed E-state index contributed by atoms with van der Waals surface area (Å²) in [6.07, 6.45) is 0. The van der Waals surface area contributed by atoms with Gasteiger partial charge in [0.2, 0.25) is 5.95 Å². The molecule has 0 radical (unpaired) electrons. The summed E-state index contributed by atoms with van der Waals surface area (Å²) in [5.74, 6) is 1.80. The van der Waals surface area contributed by atoms with Crippen molar-refractivity contribution in [1.82, 2.24) is 19.5 Å². The average molecular weight is 579 g/mol. The molecule has 0 bridgehead atoms. The van der Waals surface area contributed by atoms with E-state index in [4.69, 9.17) is 19.4 Å². The van der Waals surface area contributed by atoms with Gasteiger partial charge < -0.3 is 4.42 Å². The topological polar surface area (TPSA) is 56.7 Å². The summed E-state index contributed by atoms with van der Waals surface area (Å²) in [4.78, 5) is 15.2. The van der Waals surface area contributed by atoms with Crippen LogP contribution in [0.15, 0.2) is 144 Å². The molecule has 0 spiro atoms. The SMILES string of the molecule is Cc1ccc(-c2cccc3c2oc2ccc(-c4nc(-c5ccccc5)nc(-n5c6ccccc6c6ccccc65)n4)cc23)cc1. The second kappa shape index (κ2) is 10.00. The Hall–Kier alpha value is -6.07. The predicted molar refractivity (Wildman–Crippen MR) is 182 cm³/mol. The number of fused-ring (bicyclic) bond motifs is 6. The zero-order chi connectivity index (χ0) is 29.9. The van der Waals surface area contributed by atoms with Gasteiger partial charge in [0.25, 0.3) is 0 Å². The first-order valence-corrected chi connectivity index (χ1v) is 15.0. The van der Waals surface area contributed by atoms with Crippen LogP contribution in [-0.4, -0.2) is 19.5 Å². The van der Waals surface area contributed by atoms with Gasteiger partial charge in [-0.1, -0.05) is 115 Å². The lowest BCUT2D eigenvalue weighted by Gasteiger charge is -2.11. The van der Waals surface area contributed by atoms with E-state index in [1.165, 1.54) is 5.56 Å². The van der Waals surface area contributed by atoms with E-state index in [0.717, 1.165) is 66.0 Å². The number of hydrogen-bond donors (Lipinski definition) is 0. The maximum atomic E-state index is 6.47. The van der Waals surface area contributed by atoms with Crippen molar-refractivity contribution in [3.05, 3.63) is 145 Å². The van der Waals surface area contributed by atoms with Crippen molar-refractivity contribution < 1.29 is 4.42 Å². The van der Waals surface area contributed by atoms with Gasteiger partial charge in [-0.25, -0.2) is 4.98 Å². The van der Waals surface area contributed by atoms with Gasteiger partial charge in [-0.15, -0.1) is 0 Å². The van der Waals surface area contributed by atoms with Gasteiger partial charge in [0, 0.05) is 38.2 Å². The van der Waals surface area contributed by atoms with E-state index in [1.54, 1.807) is 0 Å². The van der Waals surface area contributed by atoms with Crippen molar-refractivity contribution in [3.8, 4) is 39.9 Å². The molecule has 0 aliphatic heterocycles. The monoisotopic (exact) mass is 578 g/mol. The standard InChI is InChI=1S/C40H26N4O/c1-25-18-20-26(21-19-25)29-14-9-15-32-33-24-28(22-23-36(33)45-37(29)32)39-41-38(27-10-3-2-4-11-27)42-40(43-39)44-34-16-7-5-12-30(34)31-13-6-8-17-35(31)44/h2-24H,1H3. The van der Waals surface area contributed by atoms with Crippen LogP contribution in [-0.2, 0) is 0 Å². The van der Waals surface area contributed by atoms with Gasteiger partial charge in [-0.3, -0.25) is 4.57 Å². The molecule has 0 fully saturated rings. The molecule has 3 heterocycles. The van der Waals surface area contributed by atoms with Crippen LogP contribution in [0, 0.1) is 6.92 Å². The maximum Gasteiger partial charge on any atom is 0.238 e. The molecule has 0 unspecified atom stereocenters. The number of para-hydroxylation sites is 3. The Bertz CT molecular complexity index is 2490. The molecule has 45 heavy (non-hydrogen) atoms. The van der Waals surface area contributed by atoms with E-state index in [2.05, 4.69) is 109 Å². The van der Waals surface area contributed by atoms with Crippen LogP contribution in [0.4, 0.5) is 0 Å². The third kappa shape index (κ3) is 4.13. The average Bonchev–Trinajstić information content (AvgIpc) is 3.64. The molecule has 0 saturated carbocycles. The molecule has 0 atom stereocenters. The first kappa shape index (κ1) is 25.4. The molecular formula is C40H26N4O. The van der Waals surface area contributed by atoms with Crippen molar-refractivity contribution in [2.45, 2.75) is 6.92 Å². The molecule has 6 aromatic carbocycles. The Balaban J connectivity index is 1.28. The van der Waals surface area contributed by atoms with Gasteiger partial charge in [-0.05, 0) is 42.8 Å². The number of aromatic nitrogens is 4. The fraction of sp³-hybridized carbons (Fsp3) is 0.0250. The van der Waals surface area contributed by atoms with Crippen molar-refractivity contribution in [2.24, 2.45) is 0 Å². The highest BCUT2D eigenvalue weighted by molar-refractivity contribution is 6.11. The number of benzene rings is 6. The van der Waals surface area contributed by atoms with Crippen LogP contribution in [0.5, 0.6) is 0 Å². The Morgan fingerprint density at radius 1 is 0.489 bits per heavy atom. The van der Waals surface area contributed by atoms with Gasteiger partial charge in [0.1, 0.15) is 11.2 Å². The highest BCUT2D eigenvalue weighted by Gasteiger charge is 2.19. The highest BCUT2D eigenvalue weighted by Crippen LogP contribution is 2.38. The molecule has 5 nitrogen and oxygen atoms in total. The van der Waals surface area contributed by atoms with E-state index < -0.39 is 0 Å². The van der Waals surface area contributed by atoms with Crippen LogP contribution >= 0.6 is 0 Å². The van der Waals surface area contributed by atoms with Crippen LogP contribution < -0.4 is 0 Å². The third-order valence-corrected chi connectivity index (χ3v) is 8.55. The lowest BCUT2D eigenvalue weighted by atomic mass is 10.0. The molecule has 0 aliphatic carbocycles. The molecular weight excluding hydrogens is 552 g/mol. The fourth-order valence-electron chi connectivity index (χ4n) is 6.35. The van der Waals surface area contributed by atoms with E-state index in [1.807, 2.05) is 42.5 Å². The second-order valence-electron chi connectivity index (χ2n) is 11.4. The number of furan rings is 1. The predicted octanol–water partition coefficient (Wildman–Crippen LogP) is 10.2. The molecule has 0 saturated heterocycles. The van der Waals surface area contributed by atoms with Crippen molar-refractivity contribution in [2.75, 3.05) is 0 Å². The number of aryl methyl sites for hydroxylation is 1. The Labute approximate surface area is 259 Å². The summed E-state index contributed by atoms with van der Waals surface area (Å²) >= 11 is 0. The Morgan fingerprint density at radius 2 is 1.11 bits per heavy atom. The summed E-state index contributed by atoms with van der Waals surface area (Å²) < 4.78 is 8.61. The zero-order valence-electron chi connectivity index (χ0n) is 24.5. The van der Waals surface area contributed by atoms with Crippen LogP contribution in [0.3, 0.4) is 0 Å². The maximum absolute atomic E-state index is 6.47. The van der Waals surface area contributed by atoms with E-state index in [9.17, 15) is 0 Å². The van der Waals surface area contributed by atoms with Crippen molar-refractivity contribution >= 4 is 43.7 Å². The Kier molecular flexibility index (Phi) is 5.65. The summed E-state index contributed by atoms with van der Waals surface area (Å²) in [6, 6.07) is 48.0. The first-order valence-electron chi connectivity index (χ1n) is 15.0. The minimum Gasteiger partial charge on any atom is -0.455 e. The van der Waals surface area contributed by atoms with E-state index >= 15 is 0 Å². The molecule has 5 heteroatoms. The van der Waals surface area contributed by atoms with Crippen molar-refractivity contribution in [1.29, 1.82) is 0 Å². The molecule has 212 valence electrons. The molecule has 3 aromatic heterocycles. The largest absolute Gasteiger partial charge is 0.455 e. The second-order valence-corrected chi connectivity index (χ2v) is 11.4. The zero-order valence-corrected chi connectivity index (χ0v) is 24.5. The van der Waals surface area contributed by atoms with Crippen LogP contribution in [0.25, 0.3) is 83.6 Å². The summed E-state index contributed by atoms with van der Waals surface area (Å²) in [6.45, 7) is 2.10. The Morgan fingerprint density at radius 3 is 1.84 bits per heavy atom. The number of nitrogens with zero attached hydrogens (tertiary/aromatic N) is 4. The quantitative estimate of drug-likeness (QED) is 0.208. The minimum absolute atomic E-state index is 0.579. The summed E-state index contributed by atoms with van der Waals surface area (Å²) in [5.41, 5.74) is 9.07. The lowest BCUT2D eigenvalue weighted by Crippen LogP contribution is -2.06. The molecule has 0 N–H and O–H groups in total. The van der Waals surface area contributed by atoms with Crippen LogP contribution in [0.2, 0.25) is 0 Å². The third-order valence-electron chi connectivity index (χ3n) is 8.55. The molecule has 0 aliphatic rings. The lowest BCUT2D eigenvalue weighted by molar-refractivity contribution is 0.670. The number of rotatable bonds is 4. The molecule has 9 rings (SSSR count).